The monoisotopic (exact) mass is 267 g/mol. The molecule has 0 aliphatic rings. The van der Waals surface area contributed by atoms with Crippen LogP contribution in [0.5, 0.6) is 0 Å². The molecule has 0 amide bonds. The van der Waals surface area contributed by atoms with Crippen molar-refractivity contribution in [2.24, 2.45) is 11.8 Å². The molecule has 5 heteroatoms. The van der Waals surface area contributed by atoms with Crippen LogP contribution < -0.4 is 11.3 Å². The standard InChI is InChI=1S/C13H15ClFN3/c1-7(2)3-9-6-12(18-16)10-4-8(15)5-11(14)13(10)17-9/h4-7H,3,16H2,1-2H3,(H,17,18). The Morgan fingerprint density at radius 1 is 1.39 bits per heavy atom. The number of anilines is 1. The van der Waals surface area contributed by atoms with E-state index >= 15 is 0 Å². The molecule has 18 heavy (non-hydrogen) atoms. The molecule has 0 atom stereocenters. The lowest BCUT2D eigenvalue weighted by Gasteiger charge is -2.11. The van der Waals surface area contributed by atoms with Gasteiger partial charge in [-0.2, -0.15) is 0 Å². The maximum absolute atomic E-state index is 13.3. The van der Waals surface area contributed by atoms with Crippen LogP contribution in [0.2, 0.25) is 5.02 Å². The Morgan fingerprint density at radius 3 is 2.72 bits per heavy atom. The van der Waals surface area contributed by atoms with Gasteiger partial charge in [0.2, 0.25) is 0 Å². The molecule has 0 radical (unpaired) electrons. The Bertz CT molecular complexity index is 584. The first-order chi connectivity index (χ1) is 8.51. The Hall–Kier alpha value is -1.39. The average molecular weight is 268 g/mol. The van der Waals surface area contributed by atoms with Gasteiger partial charge in [-0.3, -0.25) is 10.8 Å². The zero-order valence-corrected chi connectivity index (χ0v) is 11.1. The van der Waals surface area contributed by atoms with Gasteiger partial charge < -0.3 is 5.43 Å². The summed E-state index contributed by atoms with van der Waals surface area (Å²) in [5, 5.41) is 0.891. The fourth-order valence-electron chi connectivity index (χ4n) is 1.95. The van der Waals surface area contributed by atoms with E-state index in [1.54, 1.807) is 0 Å². The summed E-state index contributed by atoms with van der Waals surface area (Å²) in [6.45, 7) is 4.21. The zero-order chi connectivity index (χ0) is 13.3. The number of rotatable bonds is 3. The predicted molar refractivity (Wildman–Crippen MR) is 73.1 cm³/mol. The second-order valence-corrected chi connectivity index (χ2v) is 5.09. The van der Waals surface area contributed by atoms with Gasteiger partial charge in [-0.1, -0.05) is 25.4 Å². The number of aromatic nitrogens is 1. The lowest BCUT2D eigenvalue weighted by atomic mass is 10.1. The number of benzene rings is 1. The number of nitrogens with zero attached hydrogens (tertiary/aromatic N) is 1. The van der Waals surface area contributed by atoms with Gasteiger partial charge in [-0.25, -0.2) is 4.39 Å². The molecule has 0 aliphatic heterocycles. The highest BCUT2D eigenvalue weighted by Crippen LogP contribution is 2.29. The number of hydrogen-bond donors (Lipinski definition) is 2. The summed E-state index contributed by atoms with van der Waals surface area (Å²) < 4.78 is 13.3. The van der Waals surface area contributed by atoms with Gasteiger partial charge in [0.1, 0.15) is 5.82 Å². The molecule has 3 nitrogen and oxygen atoms in total. The number of hydrogen-bond acceptors (Lipinski definition) is 3. The van der Waals surface area contributed by atoms with Crippen molar-refractivity contribution in [3.8, 4) is 0 Å². The molecule has 0 fully saturated rings. The minimum Gasteiger partial charge on any atom is -0.323 e. The van der Waals surface area contributed by atoms with E-state index < -0.39 is 5.82 Å². The van der Waals surface area contributed by atoms with Crippen molar-refractivity contribution in [1.82, 2.24) is 4.98 Å². The molecule has 3 N–H and O–H groups in total. The predicted octanol–water partition coefficient (Wildman–Crippen LogP) is 3.51. The van der Waals surface area contributed by atoms with Crippen LogP contribution in [0.1, 0.15) is 19.5 Å². The average Bonchev–Trinajstić information content (AvgIpc) is 2.28. The Labute approximate surface area is 110 Å². The summed E-state index contributed by atoms with van der Waals surface area (Å²) in [5.74, 6) is 5.54. The van der Waals surface area contributed by atoms with Gasteiger partial charge in [0.15, 0.2) is 0 Å². The molecule has 0 saturated heterocycles. The van der Waals surface area contributed by atoms with E-state index in [1.165, 1.54) is 12.1 Å². The third-order valence-electron chi connectivity index (χ3n) is 2.66. The minimum absolute atomic E-state index is 0.298. The number of nitrogen functional groups attached to an aromatic ring is 1. The fraction of sp³-hybridized carbons (Fsp3) is 0.308. The van der Waals surface area contributed by atoms with Crippen LogP contribution in [-0.2, 0) is 6.42 Å². The van der Waals surface area contributed by atoms with Crippen LogP contribution in [0.25, 0.3) is 10.9 Å². The molecule has 0 spiro atoms. The first kappa shape index (κ1) is 13.1. The van der Waals surface area contributed by atoms with Crippen molar-refractivity contribution in [1.29, 1.82) is 0 Å². The largest absolute Gasteiger partial charge is 0.323 e. The Morgan fingerprint density at radius 2 is 2.11 bits per heavy atom. The normalized spacial score (nSPS) is 11.2. The quantitative estimate of drug-likeness (QED) is 0.661. The number of halogens is 2. The number of nitrogens with two attached hydrogens (primary N) is 1. The van der Waals surface area contributed by atoms with Crippen LogP contribution in [0.3, 0.4) is 0 Å². The van der Waals surface area contributed by atoms with Gasteiger partial charge in [0.25, 0.3) is 0 Å². The van der Waals surface area contributed by atoms with Crippen molar-refractivity contribution in [3.05, 3.63) is 34.7 Å². The molecular formula is C13H15ClFN3. The molecular weight excluding hydrogens is 253 g/mol. The van der Waals surface area contributed by atoms with E-state index in [1.807, 2.05) is 6.07 Å². The van der Waals surface area contributed by atoms with E-state index in [2.05, 4.69) is 24.3 Å². The van der Waals surface area contributed by atoms with Crippen molar-refractivity contribution in [2.75, 3.05) is 5.43 Å². The lowest BCUT2D eigenvalue weighted by Crippen LogP contribution is -2.09. The molecule has 0 unspecified atom stereocenters. The highest BCUT2D eigenvalue weighted by Gasteiger charge is 2.11. The van der Waals surface area contributed by atoms with E-state index in [-0.39, 0.29) is 0 Å². The van der Waals surface area contributed by atoms with E-state index in [9.17, 15) is 4.39 Å². The number of pyridine rings is 1. The van der Waals surface area contributed by atoms with Crippen LogP contribution in [-0.4, -0.2) is 4.98 Å². The molecule has 2 rings (SSSR count). The highest BCUT2D eigenvalue weighted by atomic mass is 35.5. The van der Waals surface area contributed by atoms with Crippen LogP contribution in [0.4, 0.5) is 10.1 Å². The van der Waals surface area contributed by atoms with Gasteiger partial charge in [-0.15, -0.1) is 0 Å². The van der Waals surface area contributed by atoms with Crippen molar-refractivity contribution >= 4 is 28.2 Å². The smallest absolute Gasteiger partial charge is 0.125 e. The SMILES string of the molecule is CC(C)Cc1cc(NN)c2cc(F)cc(Cl)c2n1. The third kappa shape index (κ3) is 2.54. The van der Waals surface area contributed by atoms with Gasteiger partial charge in [-0.05, 0) is 30.5 Å². The van der Waals surface area contributed by atoms with Crippen molar-refractivity contribution in [3.63, 3.8) is 0 Å². The first-order valence-corrected chi connectivity index (χ1v) is 6.14. The Balaban J connectivity index is 2.67. The van der Waals surface area contributed by atoms with Gasteiger partial charge >= 0.3 is 0 Å². The number of nitrogens with one attached hydrogen (secondary N) is 1. The summed E-state index contributed by atoms with van der Waals surface area (Å²) in [6, 6.07) is 4.47. The second-order valence-electron chi connectivity index (χ2n) is 4.69. The number of fused-ring (bicyclic) bond motifs is 1. The summed E-state index contributed by atoms with van der Waals surface area (Å²) in [4.78, 5) is 4.47. The maximum Gasteiger partial charge on any atom is 0.125 e. The molecule has 1 aromatic carbocycles. The lowest BCUT2D eigenvalue weighted by molar-refractivity contribution is 0.628. The van der Waals surface area contributed by atoms with Crippen molar-refractivity contribution < 1.29 is 4.39 Å². The molecule has 1 heterocycles. The second kappa shape index (κ2) is 5.08. The molecule has 0 bridgehead atoms. The Kier molecular flexibility index (Phi) is 3.68. The molecule has 2 aromatic rings. The van der Waals surface area contributed by atoms with Crippen LogP contribution >= 0.6 is 11.6 Å². The summed E-state index contributed by atoms with van der Waals surface area (Å²) in [6.07, 6.45) is 0.818. The zero-order valence-electron chi connectivity index (χ0n) is 10.3. The summed E-state index contributed by atoms with van der Waals surface area (Å²) in [5.41, 5.74) is 4.67. The molecule has 96 valence electrons. The summed E-state index contributed by atoms with van der Waals surface area (Å²) in [7, 11) is 0. The van der Waals surface area contributed by atoms with E-state index in [0.29, 0.717) is 27.5 Å². The first-order valence-electron chi connectivity index (χ1n) is 5.76. The van der Waals surface area contributed by atoms with Gasteiger partial charge in [0, 0.05) is 11.1 Å². The topological polar surface area (TPSA) is 50.9 Å². The molecule has 0 saturated carbocycles. The van der Waals surface area contributed by atoms with E-state index in [0.717, 1.165) is 12.1 Å². The van der Waals surface area contributed by atoms with Crippen LogP contribution in [0.15, 0.2) is 18.2 Å². The van der Waals surface area contributed by atoms with Gasteiger partial charge in [0.05, 0.1) is 16.2 Å². The minimum atomic E-state index is -0.401. The maximum atomic E-state index is 13.3. The molecule has 1 aromatic heterocycles. The molecule has 0 aliphatic carbocycles. The van der Waals surface area contributed by atoms with Crippen LogP contribution in [0, 0.1) is 11.7 Å². The van der Waals surface area contributed by atoms with Crippen molar-refractivity contribution in [2.45, 2.75) is 20.3 Å². The van der Waals surface area contributed by atoms with E-state index in [4.69, 9.17) is 17.4 Å². The third-order valence-corrected chi connectivity index (χ3v) is 2.95. The summed E-state index contributed by atoms with van der Waals surface area (Å²) >= 11 is 6.03. The highest BCUT2D eigenvalue weighted by molar-refractivity contribution is 6.35. The number of hydrazine groups is 1. The fourth-order valence-corrected chi connectivity index (χ4v) is 2.20.